The second kappa shape index (κ2) is 7.28. The molecule has 4 nitrogen and oxygen atoms in total. The Morgan fingerprint density at radius 3 is 2.16 bits per heavy atom. The standard InChI is InChI=1S/C20H26N2O2S/c1-16-13-18(3)20(14-17(16)2)25(23,24)22-11-9-21(10-12-22)15-19-7-5-4-6-8-19/h4-8,13-14H,9-12,15H2,1-3H3/p+1. The fraction of sp³-hybridized carbons (Fsp3) is 0.400. The van der Waals surface area contributed by atoms with Crippen molar-refractivity contribution in [3.05, 3.63) is 64.7 Å². The molecule has 0 saturated carbocycles. The molecule has 25 heavy (non-hydrogen) atoms. The summed E-state index contributed by atoms with van der Waals surface area (Å²) in [4.78, 5) is 1.90. The summed E-state index contributed by atoms with van der Waals surface area (Å²) in [6, 6.07) is 14.2. The lowest BCUT2D eigenvalue weighted by atomic mass is 10.1. The Bertz CT molecular complexity index is 839. The highest BCUT2D eigenvalue weighted by Crippen LogP contribution is 2.23. The van der Waals surface area contributed by atoms with E-state index in [1.165, 1.54) is 10.5 Å². The largest absolute Gasteiger partial charge is 0.329 e. The lowest BCUT2D eigenvalue weighted by Gasteiger charge is -2.32. The van der Waals surface area contributed by atoms with E-state index in [2.05, 4.69) is 24.3 Å². The van der Waals surface area contributed by atoms with Crippen molar-refractivity contribution in [1.82, 2.24) is 4.31 Å². The number of hydrogen-bond donors (Lipinski definition) is 1. The first kappa shape index (κ1) is 18.1. The van der Waals surface area contributed by atoms with Crippen LogP contribution < -0.4 is 4.90 Å². The van der Waals surface area contributed by atoms with Gasteiger partial charge in [0.1, 0.15) is 6.54 Å². The molecule has 0 aliphatic carbocycles. The Morgan fingerprint density at radius 1 is 0.920 bits per heavy atom. The minimum absolute atomic E-state index is 0.460. The van der Waals surface area contributed by atoms with E-state index in [0.29, 0.717) is 18.0 Å². The van der Waals surface area contributed by atoms with Crippen LogP contribution in [0.5, 0.6) is 0 Å². The summed E-state index contributed by atoms with van der Waals surface area (Å²) in [5.41, 5.74) is 4.30. The Balaban J connectivity index is 1.71. The summed E-state index contributed by atoms with van der Waals surface area (Å²) in [6.07, 6.45) is 0. The number of piperazine rings is 1. The molecular weight excluding hydrogens is 332 g/mol. The van der Waals surface area contributed by atoms with Gasteiger partial charge in [-0.2, -0.15) is 4.31 Å². The maximum atomic E-state index is 13.1. The Hall–Kier alpha value is -1.69. The number of aryl methyl sites for hydroxylation is 3. The van der Waals surface area contributed by atoms with Crippen LogP contribution in [-0.2, 0) is 16.6 Å². The Kier molecular flexibility index (Phi) is 5.27. The highest BCUT2D eigenvalue weighted by molar-refractivity contribution is 7.89. The van der Waals surface area contributed by atoms with Crippen LogP contribution in [0.25, 0.3) is 0 Å². The van der Waals surface area contributed by atoms with E-state index in [4.69, 9.17) is 0 Å². The van der Waals surface area contributed by atoms with Gasteiger partial charge in [0.2, 0.25) is 10.0 Å². The highest BCUT2D eigenvalue weighted by Gasteiger charge is 2.31. The lowest BCUT2D eigenvalue weighted by Crippen LogP contribution is -3.13. The zero-order valence-electron chi connectivity index (χ0n) is 15.2. The van der Waals surface area contributed by atoms with Crippen LogP contribution in [0.4, 0.5) is 0 Å². The predicted molar refractivity (Wildman–Crippen MR) is 100 cm³/mol. The van der Waals surface area contributed by atoms with Crippen molar-refractivity contribution >= 4 is 10.0 Å². The van der Waals surface area contributed by atoms with Crippen molar-refractivity contribution in [2.75, 3.05) is 26.2 Å². The molecule has 0 aromatic heterocycles. The minimum atomic E-state index is -3.41. The van der Waals surface area contributed by atoms with Crippen molar-refractivity contribution in [3.63, 3.8) is 0 Å². The van der Waals surface area contributed by atoms with Crippen LogP contribution in [0.2, 0.25) is 0 Å². The zero-order valence-corrected chi connectivity index (χ0v) is 16.1. The highest BCUT2D eigenvalue weighted by atomic mass is 32.2. The number of rotatable bonds is 4. The molecule has 5 heteroatoms. The SMILES string of the molecule is Cc1cc(C)c(S(=O)(=O)N2CC[NH+](Cc3ccccc3)CC2)cc1C. The number of nitrogens with one attached hydrogen (secondary N) is 1. The fourth-order valence-corrected chi connectivity index (χ4v) is 5.19. The Morgan fingerprint density at radius 2 is 1.52 bits per heavy atom. The van der Waals surface area contributed by atoms with Gasteiger partial charge < -0.3 is 4.90 Å². The number of hydrogen-bond acceptors (Lipinski definition) is 2. The van der Waals surface area contributed by atoms with E-state index in [1.54, 1.807) is 4.31 Å². The summed E-state index contributed by atoms with van der Waals surface area (Å²) >= 11 is 0. The minimum Gasteiger partial charge on any atom is -0.329 e. The molecule has 1 N–H and O–H groups in total. The molecule has 2 aromatic rings. The van der Waals surface area contributed by atoms with E-state index in [-0.39, 0.29) is 0 Å². The smallest absolute Gasteiger partial charge is 0.243 e. The molecule has 1 aliphatic heterocycles. The van der Waals surface area contributed by atoms with E-state index >= 15 is 0 Å². The third kappa shape index (κ3) is 3.94. The maximum absolute atomic E-state index is 13.1. The Labute approximate surface area is 151 Å². The van der Waals surface area contributed by atoms with Crippen LogP contribution >= 0.6 is 0 Å². The molecule has 1 heterocycles. The van der Waals surface area contributed by atoms with Gasteiger partial charge >= 0.3 is 0 Å². The molecule has 0 atom stereocenters. The summed E-state index contributed by atoms with van der Waals surface area (Å²) in [5.74, 6) is 0. The second-order valence-corrected chi connectivity index (χ2v) is 8.92. The van der Waals surface area contributed by atoms with Crippen LogP contribution in [0.1, 0.15) is 22.3 Å². The van der Waals surface area contributed by atoms with E-state index in [1.807, 2.05) is 39.0 Å². The first-order valence-corrected chi connectivity index (χ1v) is 10.3. The van der Waals surface area contributed by atoms with Gasteiger partial charge in [0.15, 0.2) is 0 Å². The molecule has 134 valence electrons. The van der Waals surface area contributed by atoms with Gasteiger partial charge in [0, 0.05) is 5.56 Å². The molecular formula is C20H27N2O2S+. The van der Waals surface area contributed by atoms with Gasteiger partial charge in [0.05, 0.1) is 31.1 Å². The normalized spacial score (nSPS) is 16.9. The molecule has 1 saturated heterocycles. The predicted octanol–water partition coefficient (Wildman–Crippen LogP) is 1.70. The van der Waals surface area contributed by atoms with Crippen LogP contribution in [0, 0.1) is 20.8 Å². The number of sulfonamides is 1. The van der Waals surface area contributed by atoms with Gasteiger partial charge in [-0.3, -0.25) is 0 Å². The third-order valence-corrected chi connectivity index (χ3v) is 7.18. The van der Waals surface area contributed by atoms with Crippen LogP contribution in [0.3, 0.4) is 0 Å². The molecule has 2 aromatic carbocycles. The molecule has 0 bridgehead atoms. The topological polar surface area (TPSA) is 41.8 Å². The van der Waals surface area contributed by atoms with Gasteiger partial charge in [-0.1, -0.05) is 36.4 Å². The van der Waals surface area contributed by atoms with Crippen LogP contribution in [0.15, 0.2) is 47.4 Å². The van der Waals surface area contributed by atoms with Crippen molar-refractivity contribution in [3.8, 4) is 0 Å². The van der Waals surface area contributed by atoms with E-state index in [0.717, 1.165) is 36.3 Å². The first-order chi connectivity index (χ1) is 11.9. The monoisotopic (exact) mass is 359 g/mol. The second-order valence-electron chi connectivity index (χ2n) is 7.02. The van der Waals surface area contributed by atoms with Crippen molar-refractivity contribution in [2.24, 2.45) is 0 Å². The maximum Gasteiger partial charge on any atom is 0.243 e. The molecule has 0 radical (unpaired) electrons. The van der Waals surface area contributed by atoms with E-state index < -0.39 is 10.0 Å². The lowest BCUT2D eigenvalue weighted by molar-refractivity contribution is -0.917. The number of benzene rings is 2. The summed E-state index contributed by atoms with van der Waals surface area (Å²) in [6.45, 7) is 9.68. The van der Waals surface area contributed by atoms with Crippen molar-refractivity contribution in [1.29, 1.82) is 0 Å². The zero-order chi connectivity index (χ0) is 18.0. The molecule has 1 aliphatic rings. The molecule has 0 unspecified atom stereocenters. The van der Waals surface area contributed by atoms with Gasteiger partial charge in [-0.25, -0.2) is 8.42 Å². The fourth-order valence-electron chi connectivity index (χ4n) is 3.46. The molecule has 0 amide bonds. The average Bonchev–Trinajstić information content (AvgIpc) is 2.59. The first-order valence-electron chi connectivity index (χ1n) is 8.83. The van der Waals surface area contributed by atoms with Crippen molar-refractivity contribution in [2.45, 2.75) is 32.2 Å². The third-order valence-electron chi connectivity index (χ3n) is 5.14. The number of nitrogens with zero attached hydrogens (tertiary/aromatic N) is 1. The summed E-state index contributed by atoms with van der Waals surface area (Å²) in [5, 5.41) is 0. The van der Waals surface area contributed by atoms with Crippen molar-refractivity contribution < 1.29 is 13.3 Å². The van der Waals surface area contributed by atoms with E-state index in [9.17, 15) is 8.42 Å². The van der Waals surface area contributed by atoms with Gasteiger partial charge in [-0.15, -0.1) is 0 Å². The average molecular weight is 360 g/mol. The van der Waals surface area contributed by atoms with Gasteiger partial charge in [-0.05, 0) is 43.5 Å². The summed E-state index contributed by atoms with van der Waals surface area (Å²) < 4.78 is 27.8. The molecule has 3 rings (SSSR count). The summed E-state index contributed by atoms with van der Waals surface area (Å²) in [7, 11) is -3.41. The molecule has 0 spiro atoms. The van der Waals surface area contributed by atoms with Crippen LogP contribution in [-0.4, -0.2) is 38.9 Å². The molecule has 1 fully saturated rings. The van der Waals surface area contributed by atoms with Gasteiger partial charge in [0.25, 0.3) is 0 Å². The number of quaternary nitrogens is 1. The quantitative estimate of drug-likeness (QED) is 0.903.